The van der Waals surface area contributed by atoms with Gasteiger partial charge in [0.2, 0.25) is 11.7 Å². The van der Waals surface area contributed by atoms with E-state index in [2.05, 4.69) is 15.6 Å². The molecular weight excluding hydrogens is 378 g/mol. The first kappa shape index (κ1) is 19.8. The van der Waals surface area contributed by atoms with Gasteiger partial charge in [0.15, 0.2) is 5.76 Å². The Morgan fingerprint density at radius 1 is 1.28 bits per heavy atom. The number of carbonyl (C=O) groups excluding carboxylic acids is 2. The third-order valence-corrected chi connectivity index (χ3v) is 4.15. The lowest BCUT2D eigenvalue weighted by Crippen LogP contribution is -2.24. The van der Waals surface area contributed by atoms with Gasteiger partial charge >= 0.3 is 5.82 Å². The lowest BCUT2D eigenvalue weighted by molar-refractivity contribution is -0.389. The highest BCUT2D eigenvalue weighted by atomic mass is 16.6. The molecule has 0 aliphatic carbocycles. The number of nitrogens with one attached hydrogen (secondary N) is 2. The summed E-state index contributed by atoms with van der Waals surface area (Å²) in [6, 6.07) is 10.3. The van der Waals surface area contributed by atoms with Gasteiger partial charge < -0.3 is 29.7 Å². The van der Waals surface area contributed by atoms with Crippen LogP contribution in [0.4, 0.5) is 11.5 Å². The van der Waals surface area contributed by atoms with E-state index in [1.54, 1.807) is 41.8 Å². The molecule has 0 saturated heterocycles. The van der Waals surface area contributed by atoms with E-state index in [1.807, 2.05) is 6.07 Å². The number of amides is 2. The quantitative estimate of drug-likeness (QED) is 0.443. The van der Waals surface area contributed by atoms with Crippen LogP contribution in [0.25, 0.3) is 0 Å². The maximum atomic E-state index is 12.1. The highest BCUT2D eigenvalue weighted by Crippen LogP contribution is 2.13. The minimum atomic E-state index is -0.568. The molecule has 2 aromatic heterocycles. The van der Waals surface area contributed by atoms with Crippen LogP contribution in [0.2, 0.25) is 0 Å². The Labute approximate surface area is 165 Å². The third-order valence-electron chi connectivity index (χ3n) is 4.15. The van der Waals surface area contributed by atoms with Gasteiger partial charge in [-0.15, -0.1) is 0 Å². The van der Waals surface area contributed by atoms with Crippen LogP contribution in [0.5, 0.6) is 0 Å². The van der Waals surface area contributed by atoms with Gasteiger partial charge in [-0.25, -0.2) is 0 Å². The number of hydrogen-bond acceptors (Lipinski definition) is 6. The molecule has 3 rings (SSSR count). The fraction of sp³-hybridized carbons (Fsp3) is 0.211. The number of rotatable bonds is 8. The molecule has 0 spiro atoms. The zero-order valence-corrected chi connectivity index (χ0v) is 15.6. The number of imidazole rings is 1. The molecule has 0 aliphatic rings. The summed E-state index contributed by atoms with van der Waals surface area (Å²) < 4.78 is 6.62. The second-order valence-corrected chi connectivity index (χ2v) is 6.26. The molecule has 0 unspecified atom stereocenters. The molecule has 3 aromatic rings. The van der Waals surface area contributed by atoms with Crippen LogP contribution >= 0.6 is 0 Å². The highest BCUT2D eigenvalue weighted by molar-refractivity contribution is 6.02. The van der Waals surface area contributed by atoms with Gasteiger partial charge in [-0.1, -0.05) is 12.1 Å². The number of hydrogen-bond donors (Lipinski definition) is 2. The lowest BCUT2D eigenvalue weighted by Gasteiger charge is -2.08. The van der Waals surface area contributed by atoms with Gasteiger partial charge in [0.25, 0.3) is 5.91 Å². The number of aryl methyl sites for hydroxylation is 2. The molecule has 0 atom stereocenters. The Bertz CT molecular complexity index is 1030. The van der Waals surface area contributed by atoms with Crippen molar-refractivity contribution >= 4 is 23.3 Å². The fourth-order valence-electron chi connectivity index (χ4n) is 2.68. The van der Waals surface area contributed by atoms with Crippen molar-refractivity contribution in [2.24, 2.45) is 0 Å². The van der Waals surface area contributed by atoms with Crippen LogP contribution in [0.15, 0.2) is 53.3 Å². The predicted octanol–water partition coefficient (Wildman–Crippen LogP) is 2.65. The standard InChI is InChI=1S/C19H19N5O5/c1-13-21-17(24(27)28)12-23(13)8-7-18(25)20-11-14-4-2-5-15(10-14)22-19(26)16-6-3-9-29-16/h2-6,9-10,12H,7-8,11H2,1H3,(H,20,25)(H,22,26). The van der Waals surface area contributed by atoms with Gasteiger partial charge in [0.1, 0.15) is 6.20 Å². The zero-order valence-electron chi connectivity index (χ0n) is 15.6. The summed E-state index contributed by atoms with van der Waals surface area (Å²) in [5.74, 6) is -0.119. The maximum absolute atomic E-state index is 12.1. The molecule has 0 saturated carbocycles. The minimum absolute atomic E-state index is 0.156. The number of aromatic nitrogens is 2. The van der Waals surface area contributed by atoms with E-state index in [0.717, 1.165) is 5.56 Å². The first-order valence-electron chi connectivity index (χ1n) is 8.81. The Morgan fingerprint density at radius 3 is 2.79 bits per heavy atom. The van der Waals surface area contributed by atoms with Crippen LogP contribution in [0.1, 0.15) is 28.4 Å². The topological polar surface area (TPSA) is 132 Å². The van der Waals surface area contributed by atoms with Crippen molar-refractivity contribution in [3.8, 4) is 0 Å². The summed E-state index contributed by atoms with van der Waals surface area (Å²) in [5.41, 5.74) is 1.39. The van der Waals surface area contributed by atoms with Gasteiger partial charge in [0.05, 0.1) is 6.26 Å². The fourth-order valence-corrected chi connectivity index (χ4v) is 2.68. The number of benzene rings is 1. The smallest absolute Gasteiger partial charge is 0.381 e. The third kappa shape index (κ3) is 5.28. The van der Waals surface area contributed by atoms with Gasteiger partial charge in [-0.2, -0.15) is 0 Å². The number of nitro groups is 1. The maximum Gasteiger partial charge on any atom is 0.381 e. The van der Waals surface area contributed by atoms with Gasteiger partial charge in [-0.05, 0) is 39.7 Å². The summed E-state index contributed by atoms with van der Waals surface area (Å²) in [6.07, 6.45) is 2.89. The largest absolute Gasteiger partial charge is 0.459 e. The molecule has 2 amide bonds. The van der Waals surface area contributed by atoms with Crippen molar-refractivity contribution in [2.45, 2.75) is 26.4 Å². The van der Waals surface area contributed by atoms with Crippen LogP contribution in [-0.2, 0) is 17.9 Å². The monoisotopic (exact) mass is 397 g/mol. The Hall–Kier alpha value is -3.95. The summed E-state index contributed by atoms with van der Waals surface area (Å²) in [6.45, 7) is 2.22. The van der Waals surface area contributed by atoms with Crippen molar-refractivity contribution in [3.05, 3.63) is 76.1 Å². The van der Waals surface area contributed by atoms with E-state index in [4.69, 9.17) is 4.42 Å². The first-order chi connectivity index (χ1) is 13.9. The van der Waals surface area contributed by atoms with E-state index in [-0.39, 0.29) is 42.9 Å². The lowest BCUT2D eigenvalue weighted by atomic mass is 10.2. The van der Waals surface area contributed by atoms with Gasteiger partial charge in [0, 0.05) is 32.1 Å². The molecule has 0 aliphatic heterocycles. The number of furan rings is 1. The van der Waals surface area contributed by atoms with Crippen molar-refractivity contribution in [1.82, 2.24) is 14.9 Å². The highest BCUT2D eigenvalue weighted by Gasteiger charge is 2.15. The van der Waals surface area contributed by atoms with E-state index < -0.39 is 4.92 Å². The van der Waals surface area contributed by atoms with Crippen LogP contribution in [0.3, 0.4) is 0 Å². The molecule has 1 aromatic carbocycles. The van der Waals surface area contributed by atoms with Crippen LogP contribution in [0, 0.1) is 17.0 Å². The number of carbonyl (C=O) groups is 2. The second kappa shape index (κ2) is 8.83. The molecule has 150 valence electrons. The van der Waals surface area contributed by atoms with Crippen molar-refractivity contribution < 1.29 is 18.9 Å². The van der Waals surface area contributed by atoms with Gasteiger partial charge in [-0.3, -0.25) is 9.59 Å². The molecule has 29 heavy (non-hydrogen) atoms. The first-order valence-corrected chi connectivity index (χ1v) is 8.81. The summed E-state index contributed by atoms with van der Waals surface area (Å²) in [5, 5.41) is 16.3. The molecular formula is C19H19N5O5. The zero-order chi connectivity index (χ0) is 20.8. The number of anilines is 1. The van der Waals surface area contributed by atoms with E-state index in [1.165, 1.54) is 12.5 Å². The second-order valence-electron chi connectivity index (χ2n) is 6.26. The summed E-state index contributed by atoms with van der Waals surface area (Å²) in [4.78, 5) is 38.1. The molecule has 0 bridgehead atoms. The minimum Gasteiger partial charge on any atom is -0.459 e. The average molecular weight is 397 g/mol. The Kier molecular flexibility index (Phi) is 6.03. The molecule has 0 radical (unpaired) electrons. The van der Waals surface area contributed by atoms with Crippen molar-refractivity contribution in [1.29, 1.82) is 0 Å². The van der Waals surface area contributed by atoms with E-state index in [0.29, 0.717) is 11.5 Å². The molecule has 10 heteroatoms. The van der Waals surface area contributed by atoms with Crippen molar-refractivity contribution in [2.75, 3.05) is 5.32 Å². The van der Waals surface area contributed by atoms with Crippen LogP contribution < -0.4 is 10.6 Å². The molecule has 0 fully saturated rings. The molecule has 10 nitrogen and oxygen atoms in total. The van der Waals surface area contributed by atoms with E-state index in [9.17, 15) is 19.7 Å². The normalized spacial score (nSPS) is 10.5. The number of nitrogens with zero attached hydrogens (tertiary/aromatic N) is 3. The summed E-state index contributed by atoms with van der Waals surface area (Å²) >= 11 is 0. The average Bonchev–Trinajstić information content (AvgIpc) is 3.35. The van der Waals surface area contributed by atoms with Crippen LogP contribution in [-0.4, -0.2) is 26.3 Å². The predicted molar refractivity (Wildman–Crippen MR) is 103 cm³/mol. The summed E-state index contributed by atoms with van der Waals surface area (Å²) in [7, 11) is 0. The molecule has 2 N–H and O–H groups in total. The van der Waals surface area contributed by atoms with E-state index >= 15 is 0 Å². The van der Waals surface area contributed by atoms with Crippen molar-refractivity contribution in [3.63, 3.8) is 0 Å². The Morgan fingerprint density at radius 2 is 2.10 bits per heavy atom. The SMILES string of the molecule is Cc1nc([N+](=O)[O-])cn1CCC(=O)NCc1cccc(NC(=O)c2ccco2)c1. The Balaban J connectivity index is 1.50. The molecule has 2 heterocycles.